The monoisotopic (exact) mass is 478 g/mol. The maximum absolute atomic E-state index is 12.5. The van der Waals surface area contributed by atoms with Crippen LogP contribution in [0.25, 0.3) is 0 Å². The molecule has 3 aromatic rings. The number of hydrogen-bond acceptors (Lipinski definition) is 7. The van der Waals surface area contributed by atoms with Crippen LogP contribution in [0, 0.1) is 0 Å². The van der Waals surface area contributed by atoms with Crippen LogP contribution in [0.1, 0.15) is 34.8 Å². The molecule has 3 aromatic carbocycles. The molecule has 7 nitrogen and oxygen atoms in total. The third-order valence-electron chi connectivity index (χ3n) is 5.25. The molecule has 3 rings (SSSR count). The van der Waals surface area contributed by atoms with E-state index in [-0.39, 0.29) is 17.5 Å². The van der Waals surface area contributed by atoms with E-state index in [1.807, 2.05) is 24.3 Å². The fraction of sp³-hybridized carbons (Fsp3) is 0.286. The van der Waals surface area contributed by atoms with Crippen LogP contribution in [-0.2, 0) is 20.7 Å². The standard InChI is InChI=1S/C28H30O7/c1-3-33-28(31)26(32-2)19-20-5-13-24(14-6-20)34-17-4-18-35-25-15-9-22(10-16-25)27(30)21-7-11-23(29)12-8-21/h5-16,26,29H,3-4,17-19H2,1-2H3. The molecule has 1 atom stereocenters. The molecule has 0 saturated carbocycles. The van der Waals surface area contributed by atoms with Crippen molar-refractivity contribution in [3.05, 3.63) is 89.5 Å². The Morgan fingerprint density at radius 2 is 1.31 bits per heavy atom. The Morgan fingerprint density at radius 1 is 0.800 bits per heavy atom. The number of esters is 1. The van der Waals surface area contributed by atoms with Crippen LogP contribution in [0.5, 0.6) is 17.2 Å². The molecule has 0 aliphatic heterocycles. The fourth-order valence-corrected chi connectivity index (χ4v) is 3.35. The predicted octanol–water partition coefficient (Wildman–Crippen LogP) is 4.59. The lowest BCUT2D eigenvalue weighted by Gasteiger charge is -2.14. The number of phenols is 1. The summed E-state index contributed by atoms with van der Waals surface area (Å²) in [7, 11) is 1.49. The lowest BCUT2D eigenvalue weighted by molar-refractivity contribution is -0.154. The van der Waals surface area contributed by atoms with Crippen molar-refractivity contribution in [1.29, 1.82) is 0 Å². The highest BCUT2D eigenvalue weighted by molar-refractivity contribution is 6.09. The first-order valence-corrected chi connectivity index (χ1v) is 11.5. The predicted molar refractivity (Wildman–Crippen MR) is 131 cm³/mol. The number of hydrogen-bond donors (Lipinski definition) is 1. The zero-order valence-corrected chi connectivity index (χ0v) is 19.9. The molecule has 0 amide bonds. The van der Waals surface area contributed by atoms with Gasteiger partial charge in [-0.1, -0.05) is 12.1 Å². The van der Waals surface area contributed by atoms with Gasteiger partial charge in [0, 0.05) is 31.1 Å². The summed E-state index contributed by atoms with van der Waals surface area (Å²) in [5.41, 5.74) is 2.01. The topological polar surface area (TPSA) is 91.3 Å². The minimum absolute atomic E-state index is 0.116. The lowest BCUT2D eigenvalue weighted by Crippen LogP contribution is -2.27. The van der Waals surface area contributed by atoms with Crippen LogP contribution < -0.4 is 9.47 Å². The molecule has 184 valence electrons. The summed E-state index contributed by atoms with van der Waals surface area (Å²) in [5, 5.41) is 9.36. The quantitative estimate of drug-likeness (QED) is 0.218. The number of phenolic OH excluding ortho intramolecular Hbond substituents is 1. The SMILES string of the molecule is CCOC(=O)C(Cc1ccc(OCCCOc2ccc(C(=O)c3ccc(O)cc3)cc2)cc1)OC. The van der Waals surface area contributed by atoms with Crippen molar-refractivity contribution in [2.45, 2.75) is 25.9 Å². The highest BCUT2D eigenvalue weighted by Gasteiger charge is 2.19. The van der Waals surface area contributed by atoms with Crippen LogP contribution in [0.15, 0.2) is 72.8 Å². The number of benzene rings is 3. The van der Waals surface area contributed by atoms with Gasteiger partial charge in [0.2, 0.25) is 0 Å². The maximum atomic E-state index is 12.5. The third kappa shape index (κ3) is 7.86. The molecule has 35 heavy (non-hydrogen) atoms. The second kappa shape index (κ2) is 13.2. The number of aromatic hydroxyl groups is 1. The van der Waals surface area contributed by atoms with Gasteiger partial charge in [-0.2, -0.15) is 0 Å². The number of ether oxygens (including phenoxy) is 4. The summed E-state index contributed by atoms with van der Waals surface area (Å²) in [6.07, 6.45) is 0.492. The molecule has 0 fully saturated rings. The summed E-state index contributed by atoms with van der Waals surface area (Å²) in [4.78, 5) is 24.3. The van der Waals surface area contributed by atoms with Crippen LogP contribution in [0.3, 0.4) is 0 Å². The zero-order chi connectivity index (χ0) is 25.0. The van der Waals surface area contributed by atoms with Crippen LogP contribution in [0.4, 0.5) is 0 Å². The molecule has 0 bridgehead atoms. The second-order valence-electron chi connectivity index (χ2n) is 7.78. The summed E-state index contributed by atoms with van der Waals surface area (Å²) in [6, 6.07) is 20.6. The Bertz CT molecular complexity index is 1070. The molecule has 7 heteroatoms. The van der Waals surface area contributed by atoms with E-state index in [1.165, 1.54) is 19.2 Å². The normalized spacial score (nSPS) is 11.5. The molecule has 0 spiro atoms. The van der Waals surface area contributed by atoms with Crippen molar-refractivity contribution in [1.82, 2.24) is 0 Å². The molecule has 0 saturated heterocycles. The fourth-order valence-electron chi connectivity index (χ4n) is 3.35. The average molecular weight is 479 g/mol. The van der Waals surface area contributed by atoms with Crippen LogP contribution in [-0.4, -0.2) is 49.9 Å². The van der Waals surface area contributed by atoms with E-state index in [2.05, 4.69) is 0 Å². The number of methoxy groups -OCH3 is 1. The highest BCUT2D eigenvalue weighted by Crippen LogP contribution is 2.18. The van der Waals surface area contributed by atoms with Gasteiger partial charge in [-0.3, -0.25) is 4.79 Å². The van der Waals surface area contributed by atoms with Gasteiger partial charge in [-0.15, -0.1) is 0 Å². The first-order valence-electron chi connectivity index (χ1n) is 11.5. The largest absolute Gasteiger partial charge is 0.508 e. The van der Waals surface area contributed by atoms with Gasteiger partial charge >= 0.3 is 5.97 Å². The average Bonchev–Trinajstić information content (AvgIpc) is 2.88. The van der Waals surface area contributed by atoms with E-state index in [4.69, 9.17) is 18.9 Å². The van der Waals surface area contributed by atoms with Crippen molar-refractivity contribution in [3.8, 4) is 17.2 Å². The summed E-state index contributed by atoms with van der Waals surface area (Å²) in [6.45, 7) is 3.04. The van der Waals surface area contributed by atoms with Gasteiger partial charge in [0.1, 0.15) is 17.2 Å². The minimum Gasteiger partial charge on any atom is -0.508 e. The van der Waals surface area contributed by atoms with Crippen molar-refractivity contribution in [3.63, 3.8) is 0 Å². The van der Waals surface area contributed by atoms with Gasteiger partial charge in [0.15, 0.2) is 11.9 Å². The maximum Gasteiger partial charge on any atom is 0.335 e. The first kappa shape index (κ1) is 25.8. The summed E-state index contributed by atoms with van der Waals surface area (Å²) in [5.74, 6) is 1.04. The Labute approximate surface area is 205 Å². The molecule has 0 heterocycles. The first-order chi connectivity index (χ1) is 17.0. The van der Waals surface area contributed by atoms with Gasteiger partial charge in [-0.25, -0.2) is 4.79 Å². The van der Waals surface area contributed by atoms with Gasteiger partial charge < -0.3 is 24.1 Å². The molecule has 1 unspecified atom stereocenters. The van der Waals surface area contributed by atoms with E-state index in [9.17, 15) is 14.7 Å². The Kier molecular flexibility index (Phi) is 9.69. The number of rotatable bonds is 13. The van der Waals surface area contributed by atoms with E-state index in [0.717, 1.165) is 11.3 Å². The molecule has 0 radical (unpaired) electrons. The lowest BCUT2D eigenvalue weighted by atomic mass is 10.0. The zero-order valence-electron chi connectivity index (χ0n) is 19.9. The molecular formula is C28H30O7. The molecule has 1 N–H and O–H groups in total. The van der Waals surface area contributed by atoms with Crippen LogP contribution >= 0.6 is 0 Å². The Balaban J connectivity index is 1.38. The van der Waals surface area contributed by atoms with Crippen molar-refractivity contribution < 1.29 is 33.6 Å². The third-order valence-corrected chi connectivity index (χ3v) is 5.25. The number of ketones is 1. The minimum atomic E-state index is -0.626. The summed E-state index contributed by atoms with van der Waals surface area (Å²) >= 11 is 0. The molecular weight excluding hydrogens is 448 g/mol. The van der Waals surface area contributed by atoms with Crippen molar-refractivity contribution in [2.75, 3.05) is 26.9 Å². The van der Waals surface area contributed by atoms with E-state index in [0.29, 0.717) is 49.5 Å². The molecule has 0 aromatic heterocycles. The van der Waals surface area contributed by atoms with Gasteiger partial charge in [0.05, 0.1) is 19.8 Å². The number of carbonyl (C=O) groups is 2. The number of carbonyl (C=O) groups excluding carboxylic acids is 2. The van der Waals surface area contributed by atoms with Gasteiger partial charge in [0.25, 0.3) is 0 Å². The summed E-state index contributed by atoms with van der Waals surface area (Å²) < 4.78 is 21.7. The van der Waals surface area contributed by atoms with E-state index < -0.39 is 6.10 Å². The highest BCUT2D eigenvalue weighted by atomic mass is 16.6. The Hall–Kier alpha value is -3.84. The molecule has 0 aliphatic carbocycles. The van der Waals surface area contributed by atoms with Crippen LogP contribution in [0.2, 0.25) is 0 Å². The van der Waals surface area contributed by atoms with E-state index >= 15 is 0 Å². The molecule has 0 aliphatic rings. The smallest absolute Gasteiger partial charge is 0.335 e. The van der Waals surface area contributed by atoms with Gasteiger partial charge in [-0.05, 0) is 73.2 Å². The van der Waals surface area contributed by atoms with E-state index in [1.54, 1.807) is 43.3 Å². The van der Waals surface area contributed by atoms with Crippen molar-refractivity contribution >= 4 is 11.8 Å². The Morgan fingerprint density at radius 3 is 1.83 bits per heavy atom. The second-order valence-corrected chi connectivity index (χ2v) is 7.78. The van der Waals surface area contributed by atoms with Crippen molar-refractivity contribution in [2.24, 2.45) is 0 Å².